The fourth-order valence-corrected chi connectivity index (χ4v) is 3.82. The summed E-state index contributed by atoms with van der Waals surface area (Å²) in [5, 5.41) is 13.4. The Balaban J connectivity index is 1.71. The average molecular weight is 435 g/mol. The normalized spacial score (nSPS) is 12.0. The molecule has 8 heteroatoms. The second-order valence-electron chi connectivity index (χ2n) is 7.35. The Morgan fingerprint density at radius 3 is 2.56 bits per heavy atom. The highest BCUT2D eigenvalue weighted by molar-refractivity contribution is 5.87. The predicted molar refractivity (Wildman–Crippen MR) is 113 cm³/mol. The number of rotatable bonds is 4. The summed E-state index contributed by atoms with van der Waals surface area (Å²) in [7, 11) is 0. The van der Waals surface area contributed by atoms with Crippen molar-refractivity contribution in [3.63, 3.8) is 0 Å². The zero-order valence-electron chi connectivity index (χ0n) is 16.8. The molecule has 0 saturated heterocycles. The van der Waals surface area contributed by atoms with Crippen molar-refractivity contribution in [1.82, 2.24) is 9.88 Å². The fourth-order valence-electron chi connectivity index (χ4n) is 3.82. The summed E-state index contributed by atoms with van der Waals surface area (Å²) in [4.78, 5) is 25.0. The molecule has 1 N–H and O–H groups in total. The number of nitrogens with zero attached hydrogens (tertiary/aromatic N) is 2. The summed E-state index contributed by atoms with van der Waals surface area (Å²) in [6.45, 7) is 1.27. The molecule has 32 heavy (non-hydrogen) atoms. The Hall–Kier alpha value is -4.12. The van der Waals surface area contributed by atoms with Crippen LogP contribution in [-0.2, 0) is 11.3 Å². The third-order valence-corrected chi connectivity index (χ3v) is 5.30. The van der Waals surface area contributed by atoms with Gasteiger partial charge in [-0.15, -0.1) is 0 Å². The van der Waals surface area contributed by atoms with E-state index in [0.717, 1.165) is 27.1 Å². The van der Waals surface area contributed by atoms with Gasteiger partial charge in [-0.05, 0) is 29.3 Å². The second kappa shape index (κ2) is 8.19. The molecule has 5 nitrogen and oxygen atoms in total. The van der Waals surface area contributed by atoms with Crippen molar-refractivity contribution in [2.75, 3.05) is 0 Å². The third kappa shape index (κ3) is 3.58. The minimum absolute atomic E-state index is 0.419. The Labute approximate surface area is 180 Å². The number of halogens is 3. The first-order chi connectivity index (χ1) is 15.3. The summed E-state index contributed by atoms with van der Waals surface area (Å²) < 4.78 is 43.0. The van der Waals surface area contributed by atoms with E-state index in [4.69, 9.17) is 0 Å². The highest BCUT2D eigenvalue weighted by Gasteiger charge is 2.21. The van der Waals surface area contributed by atoms with E-state index in [2.05, 4.69) is 5.32 Å². The maximum Gasteiger partial charge on any atom is 0.240 e. The molecular formula is C24H16F3N3O2. The maximum absolute atomic E-state index is 14.5. The molecule has 1 amide bonds. The summed E-state index contributed by atoms with van der Waals surface area (Å²) in [6.07, 6.45) is 0.966. The van der Waals surface area contributed by atoms with Gasteiger partial charge < -0.3 is 9.88 Å². The first-order valence-electron chi connectivity index (χ1n) is 9.69. The molecule has 0 unspecified atom stereocenters. The highest BCUT2D eigenvalue weighted by atomic mass is 19.2. The number of nitriles is 1. The first-order valence-corrected chi connectivity index (χ1v) is 9.69. The number of benzene rings is 3. The van der Waals surface area contributed by atoms with Crippen LogP contribution < -0.4 is 10.7 Å². The Kier molecular flexibility index (Phi) is 5.41. The van der Waals surface area contributed by atoms with Gasteiger partial charge in [0.1, 0.15) is 18.2 Å². The van der Waals surface area contributed by atoms with Crippen LogP contribution in [0.4, 0.5) is 13.2 Å². The SMILES string of the molecule is C[C@H](NC(=O)Cn1cc(C#N)c(=O)c2cc(F)c(F)c(F)c21)c1cccc2ccccc12. The van der Waals surface area contributed by atoms with Gasteiger partial charge in [0.25, 0.3) is 0 Å². The second-order valence-corrected chi connectivity index (χ2v) is 7.35. The van der Waals surface area contributed by atoms with Crippen molar-refractivity contribution in [2.45, 2.75) is 19.5 Å². The third-order valence-electron chi connectivity index (χ3n) is 5.30. The summed E-state index contributed by atoms with van der Waals surface area (Å²) in [5.41, 5.74) is -1.09. The molecule has 0 aliphatic heterocycles. The Bertz CT molecular complexity index is 1480. The molecule has 0 aliphatic rings. The smallest absolute Gasteiger partial charge is 0.240 e. The van der Waals surface area contributed by atoms with Gasteiger partial charge in [-0.3, -0.25) is 9.59 Å². The number of hydrogen-bond acceptors (Lipinski definition) is 3. The molecule has 3 aromatic carbocycles. The molecule has 0 aliphatic carbocycles. The van der Waals surface area contributed by atoms with E-state index in [1.54, 1.807) is 13.0 Å². The van der Waals surface area contributed by atoms with Gasteiger partial charge in [-0.2, -0.15) is 5.26 Å². The average Bonchev–Trinajstić information content (AvgIpc) is 2.78. The van der Waals surface area contributed by atoms with Crippen molar-refractivity contribution in [1.29, 1.82) is 5.26 Å². The van der Waals surface area contributed by atoms with Crippen LogP contribution in [0, 0.1) is 28.8 Å². The van der Waals surface area contributed by atoms with E-state index in [1.165, 1.54) is 0 Å². The monoisotopic (exact) mass is 435 g/mol. The molecule has 0 bridgehead atoms. The van der Waals surface area contributed by atoms with E-state index in [9.17, 15) is 28.0 Å². The lowest BCUT2D eigenvalue weighted by atomic mass is 10.00. The van der Waals surface area contributed by atoms with E-state index < -0.39 is 57.8 Å². The summed E-state index contributed by atoms with van der Waals surface area (Å²) >= 11 is 0. The van der Waals surface area contributed by atoms with Crippen LogP contribution in [0.25, 0.3) is 21.7 Å². The van der Waals surface area contributed by atoms with Crippen molar-refractivity contribution in [3.05, 3.63) is 93.5 Å². The van der Waals surface area contributed by atoms with Crippen molar-refractivity contribution < 1.29 is 18.0 Å². The van der Waals surface area contributed by atoms with E-state index in [1.807, 2.05) is 42.5 Å². The van der Waals surface area contributed by atoms with E-state index in [-0.39, 0.29) is 0 Å². The van der Waals surface area contributed by atoms with Crippen LogP contribution in [-0.4, -0.2) is 10.5 Å². The lowest BCUT2D eigenvalue weighted by Crippen LogP contribution is -2.31. The molecule has 4 rings (SSSR count). The quantitative estimate of drug-likeness (QED) is 0.485. The highest BCUT2D eigenvalue weighted by Crippen LogP contribution is 2.25. The zero-order valence-corrected chi connectivity index (χ0v) is 16.8. The number of nitrogens with one attached hydrogen (secondary N) is 1. The van der Waals surface area contributed by atoms with Crippen LogP contribution in [0.2, 0.25) is 0 Å². The van der Waals surface area contributed by atoms with Crippen LogP contribution in [0.3, 0.4) is 0 Å². The molecule has 1 heterocycles. The van der Waals surface area contributed by atoms with Gasteiger partial charge in [0.05, 0.1) is 16.9 Å². The van der Waals surface area contributed by atoms with Crippen molar-refractivity contribution in [2.24, 2.45) is 0 Å². The maximum atomic E-state index is 14.5. The van der Waals surface area contributed by atoms with Crippen molar-refractivity contribution >= 4 is 27.6 Å². The number of aromatic nitrogens is 1. The zero-order chi connectivity index (χ0) is 23.0. The van der Waals surface area contributed by atoms with Gasteiger partial charge >= 0.3 is 0 Å². The number of hydrogen-bond donors (Lipinski definition) is 1. The predicted octanol–water partition coefficient (Wildman–Crippen LogP) is 4.32. The van der Waals surface area contributed by atoms with E-state index >= 15 is 0 Å². The lowest BCUT2D eigenvalue weighted by molar-refractivity contribution is -0.122. The number of fused-ring (bicyclic) bond motifs is 2. The Morgan fingerprint density at radius 1 is 1.09 bits per heavy atom. The Morgan fingerprint density at radius 2 is 1.81 bits per heavy atom. The van der Waals surface area contributed by atoms with Gasteiger partial charge in [-0.1, -0.05) is 42.5 Å². The van der Waals surface area contributed by atoms with Crippen LogP contribution >= 0.6 is 0 Å². The minimum Gasteiger partial charge on any atom is -0.348 e. The minimum atomic E-state index is -1.76. The molecule has 160 valence electrons. The molecular weight excluding hydrogens is 419 g/mol. The topological polar surface area (TPSA) is 74.9 Å². The molecule has 0 fully saturated rings. The van der Waals surface area contributed by atoms with Gasteiger partial charge in [0.15, 0.2) is 17.5 Å². The van der Waals surface area contributed by atoms with Crippen LogP contribution in [0.5, 0.6) is 0 Å². The van der Waals surface area contributed by atoms with E-state index in [0.29, 0.717) is 6.07 Å². The largest absolute Gasteiger partial charge is 0.348 e. The van der Waals surface area contributed by atoms with Crippen LogP contribution in [0.15, 0.2) is 59.5 Å². The fraction of sp³-hybridized carbons (Fsp3) is 0.125. The molecule has 1 atom stereocenters. The lowest BCUT2D eigenvalue weighted by Gasteiger charge is -2.18. The van der Waals surface area contributed by atoms with Crippen LogP contribution in [0.1, 0.15) is 24.1 Å². The molecule has 0 radical (unpaired) electrons. The first kappa shape index (κ1) is 21.1. The molecule has 0 spiro atoms. The summed E-state index contributed by atoms with van der Waals surface area (Å²) in [5.74, 6) is -5.48. The van der Waals surface area contributed by atoms with Gasteiger partial charge in [0, 0.05) is 6.20 Å². The molecule has 4 aromatic rings. The number of pyridine rings is 1. The summed E-state index contributed by atoms with van der Waals surface area (Å²) in [6, 6.07) is 15.1. The number of carbonyl (C=O) groups is 1. The standard InChI is InChI=1S/C24H16F3N3O2/c1-13(16-8-4-6-14-5-2-3-7-17(14)16)29-20(31)12-30-11-15(10-28)24(32)18-9-19(25)21(26)22(27)23(18)30/h2-9,11,13H,12H2,1H3,(H,29,31)/t13-/m0/s1. The number of carbonyl (C=O) groups excluding carboxylic acids is 1. The van der Waals surface area contributed by atoms with Gasteiger partial charge in [0.2, 0.25) is 11.3 Å². The van der Waals surface area contributed by atoms with Gasteiger partial charge in [-0.25, -0.2) is 13.2 Å². The molecule has 1 aromatic heterocycles. The number of amides is 1. The molecule has 0 saturated carbocycles. The van der Waals surface area contributed by atoms with Crippen molar-refractivity contribution in [3.8, 4) is 6.07 Å².